The van der Waals surface area contributed by atoms with Gasteiger partial charge in [-0.2, -0.15) is 5.10 Å². The number of carbonyl (C=O) groups excluding carboxylic acids is 3. The molecular formula is C26H33FN6O5. The Bertz CT molecular complexity index is 1250. The quantitative estimate of drug-likeness (QED) is 0.610. The molecule has 3 amide bonds. The summed E-state index contributed by atoms with van der Waals surface area (Å²) >= 11 is 0. The Balaban J connectivity index is 1.17. The number of nitrogens with zero attached hydrogens (tertiary/aromatic N) is 4. The largest absolute Gasteiger partial charge is 0.481 e. The van der Waals surface area contributed by atoms with Gasteiger partial charge in [-0.05, 0) is 52.5 Å². The summed E-state index contributed by atoms with van der Waals surface area (Å²) in [5, 5.41) is 9.94. The number of amides is 3. The molecule has 3 aliphatic rings. The van der Waals surface area contributed by atoms with Gasteiger partial charge >= 0.3 is 6.09 Å². The molecule has 0 unspecified atom stereocenters. The van der Waals surface area contributed by atoms with Gasteiger partial charge in [0.15, 0.2) is 11.5 Å². The Hall–Kier alpha value is -3.70. The molecule has 4 heterocycles. The number of halogens is 1. The summed E-state index contributed by atoms with van der Waals surface area (Å²) in [5.74, 6) is -0.788. The Morgan fingerprint density at radius 3 is 2.61 bits per heavy atom. The van der Waals surface area contributed by atoms with Crippen LogP contribution in [0.4, 0.5) is 9.18 Å². The number of aromatic amines is 1. The van der Waals surface area contributed by atoms with Gasteiger partial charge in [-0.15, -0.1) is 0 Å². The van der Waals surface area contributed by atoms with E-state index in [1.165, 1.54) is 19.2 Å². The Morgan fingerprint density at radius 1 is 1.21 bits per heavy atom. The SMILES string of the molecule is COc1cc(-c2cc(C(=O)N3CC[C@H](C(=O)NC4CN(C(=O)OC(C)(C)C)C4)CC34CC4)n[nH]2)c(F)cn1. The third kappa shape index (κ3) is 5.16. The number of rotatable bonds is 5. The van der Waals surface area contributed by atoms with Crippen LogP contribution in [0.3, 0.4) is 0 Å². The van der Waals surface area contributed by atoms with Gasteiger partial charge in [-0.1, -0.05) is 0 Å². The van der Waals surface area contributed by atoms with Crippen LogP contribution in [-0.2, 0) is 9.53 Å². The predicted octanol–water partition coefficient (Wildman–Crippen LogP) is 2.74. The molecule has 2 aliphatic heterocycles. The van der Waals surface area contributed by atoms with Gasteiger partial charge in [0.1, 0.15) is 5.60 Å². The summed E-state index contributed by atoms with van der Waals surface area (Å²) in [6.07, 6.45) is 3.46. The number of piperidine rings is 1. The number of methoxy groups -OCH3 is 1. The maximum Gasteiger partial charge on any atom is 0.410 e. The van der Waals surface area contributed by atoms with Crippen molar-refractivity contribution in [3.05, 3.63) is 29.8 Å². The third-order valence-electron chi connectivity index (χ3n) is 7.35. The van der Waals surface area contributed by atoms with E-state index in [2.05, 4.69) is 20.5 Å². The van der Waals surface area contributed by atoms with Gasteiger partial charge in [-0.3, -0.25) is 14.7 Å². The molecule has 5 rings (SSSR count). The molecule has 1 saturated carbocycles. The van der Waals surface area contributed by atoms with E-state index in [-0.39, 0.29) is 52.5 Å². The number of aromatic nitrogens is 3. The first kappa shape index (κ1) is 25.9. The molecule has 2 aromatic heterocycles. The summed E-state index contributed by atoms with van der Waals surface area (Å²) < 4.78 is 24.8. The lowest BCUT2D eigenvalue weighted by molar-refractivity contribution is -0.129. The standard InChI is InChI=1S/C26H33FN6O5/c1-25(2,3)38-24(36)32-13-16(14-32)29-22(34)15-5-8-33(26(11-15)6-7-26)23(35)20-10-19(30-31-20)17-9-21(37-4)28-12-18(17)27/h9-10,12,15-16H,5-8,11,13-14H2,1-4H3,(H,29,34)(H,30,31)/t15-/m0/s1. The third-order valence-corrected chi connectivity index (χ3v) is 7.35. The van der Waals surface area contributed by atoms with Crippen LogP contribution in [-0.4, -0.2) is 86.8 Å². The monoisotopic (exact) mass is 528 g/mol. The highest BCUT2D eigenvalue weighted by Gasteiger charge is 2.55. The van der Waals surface area contributed by atoms with Crippen molar-refractivity contribution in [2.45, 2.75) is 63.6 Å². The minimum Gasteiger partial charge on any atom is -0.481 e. The molecule has 0 aromatic carbocycles. The topological polar surface area (TPSA) is 130 Å². The highest BCUT2D eigenvalue weighted by atomic mass is 19.1. The lowest BCUT2D eigenvalue weighted by atomic mass is 9.87. The van der Waals surface area contributed by atoms with E-state index in [4.69, 9.17) is 9.47 Å². The van der Waals surface area contributed by atoms with Crippen LogP contribution in [0.25, 0.3) is 11.3 Å². The van der Waals surface area contributed by atoms with Crippen molar-refractivity contribution in [2.24, 2.45) is 5.92 Å². The molecule has 2 N–H and O–H groups in total. The summed E-state index contributed by atoms with van der Waals surface area (Å²) in [7, 11) is 1.44. The number of carbonyl (C=O) groups is 3. The maximum atomic E-state index is 14.3. The molecule has 11 nitrogen and oxygen atoms in total. The van der Waals surface area contributed by atoms with Crippen LogP contribution in [0, 0.1) is 11.7 Å². The molecule has 2 aromatic rings. The van der Waals surface area contributed by atoms with Crippen LogP contribution in [0.1, 0.15) is 56.9 Å². The molecule has 1 atom stereocenters. The molecule has 12 heteroatoms. The molecule has 2 saturated heterocycles. The lowest BCUT2D eigenvalue weighted by Gasteiger charge is -2.42. The van der Waals surface area contributed by atoms with E-state index in [1.54, 1.807) is 4.90 Å². The van der Waals surface area contributed by atoms with Crippen molar-refractivity contribution in [1.82, 2.24) is 30.3 Å². The van der Waals surface area contributed by atoms with E-state index in [9.17, 15) is 18.8 Å². The van der Waals surface area contributed by atoms with Crippen LogP contribution in [0.15, 0.2) is 18.3 Å². The molecule has 1 spiro atoms. The molecule has 1 aliphatic carbocycles. The van der Waals surface area contributed by atoms with E-state index >= 15 is 0 Å². The van der Waals surface area contributed by atoms with E-state index in [0.717, 1.165) is 19.0 Å². The highest BCUT2D eigenvalue weighted by molar-refractivity contribution is 5.94. The van der Waals surface area contributed by atoms with Gasteiger partial charge in [-0.25, -0.2) is 14.2 Å². The van der Waals surface area contributed by atoms with Gasteiger partial charge < -0.3 is 24.6 Å². The van der Waals surface area contributed by atoms with Crippen LogP contribution < -0.4 is 10.1 Å². The van der Waals surface area contributed by atoms with Crippen molar-refractivity contribution in [1.29, 1.82) is 0 Å². The molecule has 204 valence electrons. The normalized spacial score (nSPS) is 20.6. The summed E-state index contributed by atoms with van der Waals surface area (Å²) in [4.78, 5) is 45.7. The van der Waals surface area contributed by atoms with E-state index in [0.29, 0.717) is 38.2 Å². The lowest BCUT2D eigenvalue weighted by Crippen LogP contribution is -2.62. The zero-order valence-corrected chi connectivity index (χ0v) is 22.0. The molecule has 38 heavy (non-hydrogen) atoms. The smallest absolute Gasteiger partial charge is 0.410 e. The second-order valence-electron chi connectivity index (χ2n) is 11.3. The summed E-state index contributed by atoms with van der Waals surface area (Å²) in [6.45, 7) is 6.74. The first-order chi connectivity index (χ1) is 18.0. The first-order valence-corrected chi connectivity index (χ1v) is 12.8. The van der Waals surface area contributed by atoms with E-state index in [1.807, 2.05) is 25.7 Å². The van der Waals surface area contributed by atoms with Crippen molar-refractivity contribution < 1.29 is 28.2 Å². The molecule has 0 radical (unpaired) electrons. The fourth-order valence-corrected chi connectivity index (χ4v) is 5.16. The van der Waals surface area contributed by atoms with Crippen molar-refractivity contribution >= 4 is 17.9 Å². The predicted molar refractivity (Wildman–Crippen MR) is 134 cm³/mol. The zero-order valence-electron chi connectivity index (χ0n) is 22.0. The Kier molecular flexibility index (Phi) is 6.52. The zero-order chi connectivity index (χ0) is 27.2. The van der Waals surface area contributed by atoms with Crippen molar-refractivity contribution in [2.75, 3.05) is 26.7 Å². The van der Waals surface area contributed by atoms with Crippen LogP contribution >= 0.6 is 0 Å². The van der Waals surface area contributed by atoms with Gasteiger partial charge in [0.05, 0.1) is 25.0 Å². The fraction of sp³-hybridized carbons (Fsp3) is 0.577. The minimum absolute atomic E-state index is 0.0404. The Morgan fingerprint density at radius 2 is 1.95 bits per heavy atom. The average Bonchev–Trinajstić information content (AvgIpc) is 3.41. The Labute approximate surface area is 220 Å². The number of H-pyrrole nitrogens is 1. The molecule has 0 bridgehead atoms. The summed E-state index contributed by atoms with van der Waals surface area (Å²) in [5.41, 5.74) is -0.159. The number of likely N-dealkylation sites (tertiary alicyclic amines) is 2. The number of ether oxygens (including phenoxy) is 2. The molecular weight excluding hydrogens is 495 g/mol. The first-order valence-electron chi connectivity index (χ1n) is 12.8. The second-order valence-corrected chi connectivity index (χ2v) is 11.3. The second kappa shape index (κ2) is 9.55. The number of hydrogen-bond donors (Lipinski definition) is 2. The maximum absolute atomic E-state index is 14.3. The fourth-order valence-electron chi connectivity index (χ4n) is 5.16. The number of pyridine rings is 1. The van der Waals surface area contributed by atoms with Gasteiger partial charge in [0.25, 0.3) is 5.91 Å². The van der Waals surface area contributed by atoms with Crippen molar-refractivity contribution in [3.8, 4) is 17.1 Å². The average molecular weight is 529 g/mol. The highest BCUT2D eigenvalue weighted by Crippen LogP contribution is 2.50. The van der Waals surface area contributed by atoms with E-state index < -0.39 is 11.4 Å². The van der Waals surface area contributed by atoms with Crippen LogP contribution in [0.2, 0.25) is 0 Å². The number of nitrogens with one attached hydrogen (secondary N) is 2. The van der Waals surface area contributed by atoms with Gasteiger partial charge in [0, 0.05) is 42.7 Å². The van der Waals surface area contributed by atoms with Gasteiger partial charge in [0.2, 0.25) is 11.8 Å². The minimum atomic E-state index is -0.560. The van der Waals surface area contributed by atoms with Crippen molar-refractivity contribution in [3.63, 3.8) is 0 Å². The number of hydrogen-bond acceptors (Lipinski definition) is 7. The molecule has 3 fully saturated rings. The van der Waals surface area contributed by atoms with Crippen LogP contribution in [0.5, 0.6) is 5.88 Å². The summed E-state index contributed by atoms with van der Waals surface area (Å²) in [6, 6.07) is 2.88.